The Morgan fingerprint density at radius 2 is 1.72 bits per heavy atom. The summed E-state index contributed by atoms with van der Waals surface area (Å²) in [6.45, 7) is 5.12. The Kier molecular flexibility index (Phi) is 11.6. The van der Waals surface area contributed by atoms with Crippen LogP contribution in [0.3, 0.4) is 0 Å². The number of likely N-dealkylation sites (tertiary alicyclic amines) is 1. The first kappa shape index (κ1) is 30.9. The van der Waals surface area contributed by atoms with Crippen LogP contribution in [0.4, 0.5) is 10.5 Å². The summed E-state index contributed by atoms with van der Waals surface area (Å²) < 4.78 is 32.1. The zero-order valence-corrected chi connectivity index (χ0v) is 24.5. The van der Waals surface area contributed by atoms with Gasteiger partial charge in [-0.15, -0.1) is 0 Å². The predicted molar refractivity (Wildman–Crippen MR) is 154 cm³/mol. The number of urea groups is 1. The molecule has 0 spiro atoms. The van der Waals surface area contributed by atoms with Gasteiger partial charge in [-0.2, -0.15) is 4.31 Å². The molecule has 9 nitrogen and oxygen atoms in total. The molecule has 0 radical (unpaired) electrons. The van der Waals surface area contributed by atoms with Crippen molar-refractivity contribution in [2.24, 2.45) is 0 Å². The van der Waals surface area contributed by atoms with Crippen LogP contribution < -0.4 is 5.32 Å². The number of amides is 3. The molecule has 2 aromatic carbocycles. The number of nitrogens with zero attached hydrogens (tertiary/aromatic N) is 3. The molecule has 1 N–H and O–H groups in total. The van der Waals surface area contributed by atoms with E-state index in [4.69, 9.17) is 16.3 Å². The minimum Gasteiger partial charge on any atom is -0.383 e. The number of nitrogens with one attached hydrogen (secondary N) is 1. The molecule has 1 aliphatic heterocycles. The third kappa shape index (κ3) is 9.20. The van der Waals surface area contributed by atoms with Gasteiger partial charge in [0.1, 0.15) is 0 Å². The van der Waals surface area contributed by atoms with Crippen molar-refractivity contribution in [2.75, 3.05) is 51.0 Å². The molecule has 0 bridgehead atoms. The standard InChI is InChI=1S/C28H39ClN4O5S/c1-4-19-39(36,37)32(17-18-38-3)21-27(34)33(20-23-7-9-24(29)10-8-23)26-13-15-31(16-14-26)28(35)30-25-11-5-22(2)6-12-25/h5-12,26H,4,13-21H2,1-3H3,(H,30,35). The Morgan fingerprint density at radius 1 is 1.08 bits per heavy atom. The number of piperidine rings is 1. The van der Waals surface area contributed by atoms with E-state index in [1.807, 2.05) is 43.3 Å². The highest BCUT2D eigenvalue weighted by molar-refractivity contribution is 7.89. The first-order chi connectivity index (χ1) is 18.6. The fourth-order valence-corrected chi connectivity index (χ4v) is 6.13. The lowest BCUT2D eigenvalue weighted by Gasteiger charge is -2.39. The van der Waals surface area contributed by atoms with Crippen LogP contribution in [0.5, 0.6) is 0 Å². The van der Waals surface area contributed by atoms with Gasteiger partial charge in [0.2, 0.25) is 15.9 Å². The van der Waals surface area contributed by atoms with Gasteiger partial charge in [0.25, 0.3) is 0 Å². The number of hydrogen-bond donors (Lipinski definition) is 1. The maximum absolute atomic E-state index is 13.7. The SMILES string of the molecule is CCCS(=O)(=O)N(CCOC)CC(=O)N(Cc1ccc(Cl)cc1)C1CCN(C(=O)Nc2ccc(C)cc2)CC1. The van der Waals surface area contributed by atoms with Gasteiger partial charge in [-0.05, 0) is 56.0 Å². The molecule has 1 fully saturated rings. The zero-order valence-electron chi connectivity index (χ0n) is 22.9. The number of ether oxygens (including phenoxy) is 1. The van der Waals surface area contributed by atoms with E-state index in [1.54, 1.807) is 28.9 Å². The number of aryl methyl sites for hydroxylation is 1. The summed E-state index contributed by atoms with van der Waals surface area (Å²) in [7, 11) is -2.11. The van der Waals surface area contributed by atoms with Crippen molar-refractivity contribution in [3.8, 4) is 0 Å². The number of methoxy groups -OCH3 is 1. The fourth-order valence-electron chi connectivity index (χ4n) is 4.57. The maximum atomic E-state index is 13.7. The van der Waals surface area contributed by atoms with Gasteiger partial charge >= 0.3 is 6.03 Å². The fraction of sp³-hybridized carbons (Fsp3) is 0.500. The van der Waals surface area contributed by atoms with Gasteiger partial charge < -0.3 is 19.9 Å². The van der Waals surface area contributed by atoms with Crippen LogP contribution in [-0.4, -0.2) is 86.2 Å². The van der Waals surface area contributed by atoms with Crippen LogP contribution >= 0.6 is 11.6 Å². The number of hydrogen-bond acceptors (Lipinski definition) is 5. The summed E-state index contributed by atoms with van der Waals surface area (Å²) in [5.74, 6) is -0.307. The second-order valence-electron chi connectivity index (χ2n) is 9.80. The lowest BCUT2D eigenvalue weighted by atomic mass is 10.0. The van der Waals surface area contributed by atoms with Crippen LogP contribution in [0.25, 0.3) is 0 Å². The van der Waals surface area contributed by atoms with E-state index < -0.39 is 10.0 Å². The van der Waals surface area contributed by atoms with Gasteiger partial charge in [-0.1, -0.05) is 48.4 Å². The maximum Gasteiger partial charge on any atom is 0.321 e. The number of benzene rings is 2. The summed E-state index contributed by atoms with van der Waals surface area (Å²) in [4.78, 5) is 30.0. The summed E-state index contributed by atoms with van der Waals surface area (Å²) in [5, 5.41) is 3.53. The molecule has 1 heterocycles. The lowest BCUT2D eigenvalue weighted by molar-refractivity contribution is -0.135. The molecule has 0 atom stereocenters. The summed E-state index contributed by atoms with van der Waals surface area (Å²) in [6, 6.07) is 14.6. The lowest BCUT2D eigenvalue weighted by Crippen LogP contribution is -2.52. The Hall–Kier alpha value is -2.66. The normalized spacial score (nSPS) is 14.4. The third-order valence-electron chi connectivity index (χ3n) is 6.79. The minimum absolute atomic E-state index is 0.0321. The van der Waals surface area contributed by atoms with E-state index in [9.17, 15) is 18.0 Å². The Morgan fingerprint density at radius 3 is 2.31 bits per heavy atom. The van der Waals surface area contributed by atoms with E-state index in [0.717, 1.165) is 16.8 Å². The van der Waals surface area contributed by atoms with Crippen LogP contribution in [0.1, 0.15) is 37.3 Å². The molecule has 0 aliphatic carbocycles. The number of halogens is 1. The first-order valence-electron chi connectivity index (χ1n) is 13.3. The molecule has 11 heteroatoms. The molecule has 3 rings (SSSR count). The van der Waals surface area contributed by atoms with Crippen molar-refractivity contribution >= 4 is 39.2 Å². The van der Waals surface area contributed by atoms with Crippen LogP contribution in [0, 0.1) is 6.92 Å². The Labute approximate surface area is 237 Å². The van der Waals surface area contributed by atoms with Crippen molar-refractivity contribution in [3.05, 3.63) is 64.7 Å². The molecule has 0 aromatic heterocycles. The molecular formula is C28H39ClN4O5S. The smallest absolute Gasteiger partial charge is 0.321 e. The monoisotopic (exact) mass is 578 g/mol. The molecule has 3 amide bonds. The van der Waals surface area contributed by atoms with Crippen molar-refractivity contribution < 1.29 is 22.7 Å². The number of carbonyl (C=O) groups is 2. The van der Waals surface area contributed by atoms with Crippen molar-refractivity contribution in [3.63, 3.8) is 0 Å². The van der Waals surface area contributed by atoms with E-state index in [2.05, 4.69) is 5.32 Å². The summed E-state index contributed by atoms with van der Waals surface area (Å²) >= 11 is 6.06. The summed E-state index contributed by atoms with van der Waals surface area (Å²) in [5.41, 5.74) is 2.74. The number of carbonyl (C=O) groups excluding carboxylic acids is 2. The highest BCUT2D eigenvalue weighted by Crippen LogP contribution is 2.22. The van der Waals surface area contributed by atoms with Gasteiger partial charge in [0, 0.05) is 50.0 Å². The highest BCUT2D eigenvalue weighted by atomic mass is 35.5. The van der Waals surface area contributed by atoms with Crippen LogP contribution in [0.15, 0.2) is 48.5 Å². The van der Waals surface area contributed by atoms with E-state index in [0.29, 0.717) is 43.9 Å². The Balaban J connectivity index is 1.73. The average molecular weight is 579 g/mol. The molecule has 39 heavy (non-hydrogen) atoms. The third-order valence-corrected chi connectivity index (χ3v) is 9.07. The second kappa shape index (κ2) is 14.6. The van der Waals surface area contributed by atoms with Crippen LogP contribution in [-0.2, 0) is 26.1 Å². The van der Waals surface area contributed by atoms with E-state index in [1.165, 1.54) is 11.4 Å². The largest absolute Gasteiger partial charge is 0.383 e. The first-order valence-corrected chi connectivity index (χ1v) is 15.2. The molecule has 2 aromatic rings. The van der Waals surface area contributed by atoms with Crippen molar-refractivity contribution in [1.29, 1.82) is 0 Å². The molecular weight excluding hydrogens is 540 g/mol. The highest BCUT2D eigenvalue weighted by Gasteiger charge is 2.32. The topological polar surface area (TPSA) is 99.3 Å². The van der Waals surface area contributed by atoms with Crippen molar-refractivity contribution in [1.82, 2.24) is 14.1 Å². The minimum atomic E-state index is -3.61. The van der Waals surface area contributed by atoms with Gasteiger partial charge in [-0.25, -0.2) is 13.2 Å². The summed E-state index contributed by atoms with van der Waals surface area (Å²) in [6.07, 6.45) is 1.62. The van der Waals surface area contributed by atoms with Gasteiger partial charge in [0.05, 0.1) is 18.9 Å². The number of rotatable bonds is 12. The Bertz CT molecular complexity index is 1180. The molecule has 1 saturated heterocycles. The van der Waals surface area contributed by atoms with Gasteiger partial charge in [-0.3, -0.25) is 4.79 Å². The molecule has 0 saturated carbocycles. The second-order valence-corrected chi connectivity index (χ2v) is 12.3. The molecule has 0 unspecified atom stereocenters. The quantitative estimate of drug-likeness (QED) is 0.403. The zero-order chi connectivity index (χ0) is 28.4. The van der Waals surface area contributed by atoms with Crippen molar-refractivity contribution in [2.45, 2.75) is 45.7 Å². The van der Waals surface area contributed by atoms with Gasteiger partial charge in [0.15, 0.2) is 0 Å². The van der Waals surface area contributed by atoms with E-state index >= 15 is 0 Å². The average Bonchev–Trinajstić information content (AvgIpc) is 2.91. The van der Waals surface area contributed by atoms with E-state index in [-0.39, 0.29) is 43.4 Å². The number of anilines is 1. The predicted octanol–water partition coefficient (Wildman–Crippen LogP) is 4.36. The number of sulfonamides is 1. The molecule has 1 aliphatic rings. The molecule has 214 valence electrons. The van der Waals surface area contributed by atoms with Crippen LogP contribution in [0.2, 0.25) is 5.02 Å².